The third kappa shape index (κ3) is 3.69. The first kappa shape index (κ1) is 12.9. The maximum atomic E-state index is 11.8. The number of rotatable bonds is 4. The summed E-state index contributed by atoms with van der Waals surface area (Å²) in [6, 6.07) is 0. The largest absolute Gasteiger partial charge is 0.391 e. The first-order valence-corrected chi connectivity index (χ1v) is 7.63. The van der Waals surface area contributed by atoms with Crippen molar-refractivity contribution in [3.8, 4) is 0 Å². The Morgan fingerprint density at radius 1 is 1.76 bits per heavy atom. The molecule has 0 radical (unpaired) electrons. The van der Waals surface area contributed by atoms with Gasteiger partial charge in [-0.25, -0.2) is 4.98 Å². The summed E-state index contributed by atoms with van der Waals surface area (Å²) in [5.41, 5.74) is 1.05. The average Bonchev–Trinajstić information content (AvgIpc) is 2.88. The summed E-state index contributed by atoms with van der Waals surface area (Å²) in [7, 11) is 0. The number of β-amino-alcohol motifs (C(OH)–C–C–N with tert-alkyl or cyclic N) is 1. The molecule has 1 aliphatic rings. The van der Waals surface area contributed by atoms with Crippen LogP contribution in [0.2, 0.25) is 0 Å². The van der Waals surface area contributed by atoms with Crippen molar-refractivity contribution >= 4 is 29.0 Å². The molecule has 6 heteroatoms. The summed E-state index contributed by atoms with van der Waals surface area (Å²) in [5, 5.41) is 12.4. The van der Waals surface area contributed by atoms with Gasteiger partial charge >= 0.3 is 0 Å². The molecule has 0 spiro atoms. The highest BCUT2D eigenvalue weighted by Crippen LogP contribution is 2.17. The van der Waals surface area contributed by atoms with Gasteiger partial charge in [-0.3, -0.25) is 4.79 Å². The van der Waals surface area contributed by atoms with Crippen LogP contribution in [-0.2, 0) is 10.5 Å². The number of aliphatic hydroxyl groups excluding tert-OH is 1. The van der Waals surface area contributed by atoms with E-state index in [1.165, 1.54) is 0 Å². The highest BCUT2D eigenvalue weighted by Gasteiger charge is 2.23. The molecule has 1 aromatic rings. The van der Waals surface area contributed by atoms with Crippen LogP contribution in [-0.4, -0.2) is 45.8 Å². The molecular formula is C11H16N2O2S2. The topological polar surface area (TPSA) is 53.4 Å². The van der Waals surface area contributed by atoms with E-state index < -0.39 is 0 Å². The van der Waals surface area contributed by atoms with Gasteiger partial charge in [-0.15, -0.1) is 23.1 Å². The second-order valence-electron chi connectivity index (χ2n) is 4.13. The predicted molar refractivity (Wildman–Crippen MR) is 70.2 cm³/mol. The van der Waals surface area contributed by atoms with E-state index in [2.05, 4.69) is 4.98 Å². The number of hydrogen-bond donors (Lipinski definition) is 1. The van der Waals surface area contributed by atoms with E-state index in [0.717, 1.165) is 16.5 Å². The lowest BCUT2D eigenvalue weighted by Gasteiger charge is -2.14. The molecule has 94 valence electrons. The van der Waals surface area contributed by atoms with Crippen LogP contribution >= 0.6 is 23.1 Å². The van der Waals surface area contributed by atoms with Crippen molar-refractivity contribution in [2.24, 2.45) is 0 Å². The number of nitrogens with zero attached hydrogens (tertiary/aromatic N) is 2. The number of thiazole rings is 1. The first-order valence-electron chi connectivity index (χ1n) is 5.60. The van der Waals surface area contributed by atoms with Gasteiger partial charge in [-0.2, -0.15) is 0 Å². The zero-order valence-corrected chi connectivity index (χ0v) is 11.4. The third-order valence-corrected chi connectivity index (χ3v) is 4.43. The van der Waals surface area contributed by atoms with Crippen LogP contribution in [0.4, 0.5) is 0 Å². The number of aliphatic hydroxyl groups is 1. The summed E-state index contributed by atoms with van der Waals surface area (Å²) < 4.78 is 0. The minimum atomic E-state index is -0.329. The van der Waals surface area contributed by atoms with Crippen LogP contribution in [0.25, 0.3) is 0 Å². The van der Waals surface area contributed by atoms with Gasteiger partial charge in [-0.1, -0.05) is 0 Å². The summed E-state index contributed by atoms with van der Waals surface area (Å²) in [6.45, 7) is 3.17. The summed E-state index contributed by atoms with van der Waals surface area (Å²) in [6.07, 6.45) is 0.381. The number of amides is 1. The van der Waals surface area contributed by atoms with Gasteiger partial charge in [0.15, 0.2) is 0 Å². The molecule has 0 aromatic carbocycles. The molecule has 1 amide bonds. The fourth-order valence-corrected chi connectivity index (χ4v) is 3.31. The van der Waals surface area contributed by atoms with Crippen molar-refractivity contribution in [3.05, 3.63) is 16.1 Å². The monoisotopic (exact) mass is 272 g/mol. The molecule has 1 saturated heterocycles. The summed E-state index contributed by atoms with van der Waals surface area (Å²) in [5.74, 6) is 1.38. The van der Waals surface area contributed by atoms with Crippen molar-refractivity contribution in [1.29, 1.82) is 0 Å². The van der Waals surface area contributed by atoms with E-state index in [4.69, 9.17) is 0 Å². The minimum absolute atomic E-state index is 0.124. The van der Waals surface area contributed by atoms with Crippen molar-refractivity contribution < 1.29 is 9.90 Å². The standard InChI is InChI=1S/C11H16N2O2S2/c1-8-12-9(6-17-8)5-16-7-11(15)13-3-2-10(14)4-13/h6,10,14H,2-5,7H2,1H3/t10-/m0/s1. The second kappa shape index (κ2) is 5.84. The normalized spacial score (nSPS) is 19.9. The van der Waals surface area contributed by atoms with E-state index >= 15 is 0 Å². The molecule has 0 unspecified atom stereocenters. The fourth-order valence-electron chi connectivity index (χ4n) is 1.78. The molecule has 1 N–H and O–H groups in total. The molecule has 2 rings (SSSR count). The molecule has 4 nitrogen and oxygen atoms in total. The van der Waals surface area contributed by atoms with Crippen LogP contribution < -0.4 is 0 Å². The van der Waals surface area contributed by atoms with Gasteiger partial charge in [0.05, 0.1) is 22.6 Å². The SMILES string of the molecule is Cc1nc(CSCC(=O)N2CC[C@H](O)C2)cs1. The zero-order valence-electron chi connectivity index (χ0n) is 9.76. The number of likely N-dealkylation sites (tertiary alicyclic amines) is 1. The van der Waals surface area contributed by atoms with Gasteiger partial charge in [0, 0.05) is 24.2 Å². The van der Waals surface area contributed by atoms with E-state index in [1.54, 1.807) is 28.0 Å². The Morgan fingerprint density at radius 3 is 3.18 bits per heavy atom. The molecule has 0 bridgehead atoms. The molecule has 1 fully saturated rings. The van der Waals surface area contributed by atoms with Gasteiger partial charge in [-0.05, 0) is 13.3 Å². The third-order valence-electron chi connectivity index (χ3n) is 2.66. The lowest BCUT2D eigenvalue weighted by molar-refractivity contribution is -0.127. The van der Waals surface area contributed by atoms with Crippen LogP contribution in [0.5, 0.6) is 0 Å². The van der Waals surface area contributed by atoms with Gasteiger partial charge in [0.25, 0.3) is 0 Å². The Morgan fingerprint density at radius 2 is 2.59 bits per heavy atom. The lowest BCUT2D eigenvalue weighted by Crippen LogP contribution is -2.31. The van der Waals surface area contributed by atoms with Crippen molar-refractivity contribution in [2.75, 3.05) is 18.8 Å². The maximum absolute atomic E-state index is 11.8. The highest BCUT2D eigenvalue weighted by molar-refractivity contribution is 7.99. The van der Waals surface area contributed by atoms with Crippen molar-refractivity contribution in [2.45, 2.75) is 25.2 Å². The van der Waals surface area contributed by atoms with Crippen molar-refractivity contribution in [3.63, 3.8) is 0 Å². The van der Waals surface area contributed by atoms with Crippen molar-refractivity contribution in [1.82, 2.24) is 9.88 Å². The second-order valence-corrected chi connectivity index (χ2v) is 6.18. The smallest absolute Gasteiger partial charge is 0.232 e. The van der Waals surface area contributed by atoms with Crippen LogP contribution in [0.15, 0.2) is 5.38 Å². The lowest BCUT2D eigenvalue weighted by atomic mass is 10.3. The van der Waals surface area contributed by atoms with Gasteiger partial charge < -0.3 is 10.0 Å². The van der Waals surface area contributed by atoms with E-state index in [1.807, 2.05) is 12.3 Å². The molecule has 1 aromatic heterocycles. The first-order chi connectivity index (χ1) is 8.15. The van der Waals surface area contributed by atoms with E-state index in [0.29, 0.717) is 25.3 Å². The molecule has 1 aliphatic heterocycles. The molecule has 17 heavy (non-hydrogen) atoms. The maximum Gasteiger partial charge on any atom is 0.232 e. The Kier molecular flexibility index (Phi) is 4.42. The Bertz CT molecular complexity index is 395. The highest BCUT2D eigenvalue weighted by atomic mass is 32.2. The number of hydrogen-bond acceptors (Lipinski definition) is 5. The van der Waals surface area contributed by atoms with Crippen LogP contribution in [0.3, 0.4) is 0 Å². The number of aromatic nitrogens is 1. The summed E-state index contributed by atoms with van der Waals surface area (Å²) in [4.78, 5) is 17.9. The van der Waals surface area contributed by atoms with Crippen LogP contribution in [0, 0.1) is 6.92 Å². The fraction of sp³-hybridized carbons (Fsp3) is 0.636. The quantitative estimate of drug-likeness (QED) is 0.897. The van der Waals surface area contributed by atoms with Gasteiger partial charge in [0.2, 0.25) is 5.91 Å². The molecule has 1 atom stereocenters. The molecule has 0 aliphatic carbocycles. The summed E-state index contributed by atoms with van der Waals surface area (Å²) >= 11 is 3.22. The number of carbonyl (C=O) groups excluding carboxylic acids is 1. The average molecular weight is 272 g/mol. The zero-order chi connectivity index (χ0) is 12.3. The Hall–Kier alpha value is -0.590. The number of thioether (sulfide) groups is 1. The van der Waals surface area contributed by atoms with E-state index in [-0.39, 0.29) is 12.0 Å². The Balaban J connectivity index is 1.70. The van der Waals surface area contributed by atoms with Crippen LogP contribution in [0.1, 0.15) is 17.1 Å². The van der Waals surface area contributed by atoms with E-state index in [9.17, 15) is 9.90 Å². The predicted octanol–water partition coefficient (Wildman–Crippen LogP) is 1.28. The molecule has 0 saturated carbocycles. The molecule has 2 heterocycles. The Labute approximate surface area is 109 Å². The number of aryl methyl sites for hydroxylation is 1. The number of carbonyl (C=O) groups is 1. The minimum Gasteiger partial charge on any atom is -0.391 e. The van der Waals surface area contributed by atoms with Gasteiger partial charge in [0.1, 0.15) is 0 Å². The molecular weight excluding hydrogens is 256 g/mol.